The summed E-state index contributed by atoms with van der Waals surface area (Å²) in [6.45, 7) is 14.8. The number of benzene rings is 1. The number of nitrogens with zero attached hydrogens (tertiary/aromatic N) is 7. The molecule has 3 atom stereocenters. The third kappa shape index (κ3) is 8.11. The van der Waals surface area contributed by atoms with Crippen molar-refractivity contribution in [3.63, 3.8) is 0 Å². The maximum Gasteiger partial charge on any atom is 0.290 e. The van der Waals surface area contributed by atoms with Crippen LogP contribution in [0.1, 0.15) is 122 Å². The van der Waals surface area contributed by atoms with Crippen molar-refractivity contribution in [2.45, 2.75) is 111 Å². The first-order valence-electron chi connectivity index (χ1n) is 18.4. The van der Waals surface area contributed by atoms with E-state index in [0.29, 0.717) is 29.2 Å². The summed E-state index contributed by atoms with van der Waals surface area (Å²) in [4.78, 5) is 28.5. The van der Waals surface area contributed by atoms with Crippen LogP contribution < -0.4 is 15.1 Å². The Morgan fingerprint density at radius 2 is 1.62 bits per heavy atom. The molecule has 9 nitrogen and oxygen atoms in total. The molecule has 1 saturated heterocycles. The van der Waals surface area contributed by atoms with Gasteiger partial charge in [0, 0.05) is 31.7 Å². The van der Waals surface area contributed by atoms with Gasteiger partial charge in [-0.2, -0.15) is 14.9 Å². The molecule has 1 N–H and O–H groups in total. The van der Waals surface area contributed by atoms with Crippen LogP contribution in [-0.2, 0) is 0 Å². The van der Waals surface area contributed by atoms with Crippen molar-refractivity contribution in [3.05, 3.63) is 47.3 Å². The number of piperidine rings is 1. The minimum absolute atomic E-state index is 0.117. The molecule has 0 saturated carbocycles. The van der Waals surface area contributed by atoms with Crippen molar-refractivity contribution < 1.29 is 4.79 Å². The van der Waals surface area contributed by atoms with Gasteiger partial charge >= 0.3 is 0 Å². The number of nitriles is 1. The van der Waals surface area contributed by atoms with Gasteiger partial charge in [-0.25, -0.2) is 4.98 Å². The first kappa shape index (κ1) is 35.6. The number of carbonyl (C=O) groups excluding carboxylic acids is 1. The van der Waals surface area contributed by atoms with E-state index in [9.17, 15) is 10.1 Å². The molecule has 0 spiro atoms. The summed E-state index contributed by atoms with van der Waals surface area (Å²) in [5.74, 6) is 1.89. The molecule has 10 heteroatoms. The van der Waals surface area contributed by atoms with Crippen molar-refractivity contribution in [2.75, 3.05) is 41.3 Å². The Labute approximate surface area is 291 Å². The van der Waals surface area contributed by atoms with Gasteiger partial charge in [-0.15, -0.1) is 5.10 Å². The first-order chi connectivity index (χ1) is 23.4. The minimum Gasteiger partial charge on any atom is -0.362 e. The van der Waals surface area contributed by atoms with E-state index in [-0.39, 0.29) is 5.57 Å². The quantitative estimate of drug-likeness (QED) is 0.152. The highest BCUT2D eigenvalue weighted by Crippen LogP contribution is 2.43. The number of unbranched alkanes of at least 4 members (excludes halogenated alkanes) is 2. The number of rotatable bonds is 17. The molecule has 3 unspecified atom stereocenters. The Balaban J connectivity index is 1.56. The molecular formula is C38H54N8OS. The van der Waals surface area contributed by atoms with Gasteiger partial charge < -0.3 is 15.1 Å². The molecule has 1 aromatic carbocycles. The molecule has 0 bridgehead atoms. The third-order valence-corrected chi connectivity index (χ3v) is 11.2. The highest BCUT2D eigenvalue weighted by Gasteiger charge is 2.37. The van der Waals surface area contributed by atoms with Crippen molar-refractivity contribution in [1.82, 2.24) is 19.7 Å². The van der Waals surface area contributed by atoms with Gasteiger partial charge in [0.15, 0.2) is 11.0 Å². The monoisotopic (exact) mass is 670 g/mol. The number of nitrogens with one attached hydrogen (secondary N) is 1. The van der Waals surface area contributed by atoms with Gasteiger partial charge in [0.2, 0.25) is 5.95 Å². The van der Waals surface area contributed by atoms with Crippen LogP contribution >= 0.6 is 11.3 Å². The normalized spacial score (nSPS) is 17.6. The Morgan fingerprint density at radius 1 is 0.979 bits per heavy atom. The molecular weight excluding hydrogens is 617 g/mol. The predicted octanol–water partition coefficient (Wildman–Crippen LogP) is 9.28. The zero-order valence-corrected chi connectivity index (χ0v) is 30.5. The van der Waals surface area contributed by atoms with Gasteiger partial charge in [-0.1, -0.05) is 108 Å². The van der Waals surface area contributed by atoms with Crippen LogP contribution in [0.25, 0.3) is 11.3 Å². The number of thiazole rings is 1. The van der Waals surface area contributed by atoms with Crippen LogP contribution in [0, 0.1) is 23.2 Å². The zero-order valence-electron chi connectivity index (χ0n) is 29.7. The topological polar surface area (TPSA) is 103 Å². The molecule has 0 radical (unpaired) electrons. The lowest BCUT2D eigenvalue weighted by atomic mass is 9.96. The van der Waals surface area contributed by atoms with E-state index in [0.717, 1.165) is 73.3 Å². The molecule has 0 amide bonds. The lowest BCUT2D eigenvalue weighted by molar-refractivity contribution is 0.0933. The predicted molar refractivity (Wildman–Crippen MR) is 198 cm³/mol. The molecule has 48 heavy (non-hydrogen) atoms. The van der Waals surface area contributed by atoms with Crippen molar-refractivity contribution in [3.8, 4) is 17.3 Å². The first-order valence-corrected chi connectivity index (χ1v) is 19.2. The summed E-state index contributed by atoms with van der Waals surface area (Å²) in [6.07, 6.45) is 13.0. The fourth-order valence-corrected chi connectivity index (χ4v) is 7.99. The summed E-state index contributed by atoms with van der Waals surface area (Å²) < 4.78 is 1.35. The minimum atomic E-state index is -0.492. The van der Waals surface area contributed by atoms with E-state index in [2.05, 4.69) is 66.1 Å². The average Bonchev–Trinajstić information content (AvgIpc) is 3.76. The summed E-state index contributed by atoms with van der Waals surface area (Å²) >= 11 is 1.68. The maximum absolute atomic E-state index is 13.5. The zero-order chi connectivity index (χ0) is 34.0. The number of carbonyl (C=O) groups is 1. The van der Waals surface area contributed by atoms with E-state index < -0.39 is 11.9 Å². The molecule has 258 valence electrons. The molecule has 5 rings (SSSR count). The smallest absolute Gasteiger partial charge is 0.290 e. The Kier molecular flexibility index (Phi) is 12.7. The fraction of sp³-hybridized carbons (Fsp3) is 0.605. The van der Waals surface area contributed by atoms with Crippen LogP contribution in [0.5, 0.6) is 0 Å². The second kappa shape index (κ2) is 17.1. The van der Waals surface area contributed by atoms with Gasteiger partial charge in [0.1, 0.15) is 28.4 Å². The lowest BCUT2D eigenvalue weighted by Crippen LogP contribution is -2.34. The van der Waals surface area contributed by atoms with Crippen molar-refractivity contribution in [2.24, 2.45) is 11.8 Å². The van der Waals surface area contributed by atoms with Gasteiger partial charge in [-0.3, -0.25) is 4.79 Å². The van der Waals surface area contributed by atoms with Crippen LogP contribution in [0.4, 0.5) is 16.1 Å². The molecule has 1 fully saturated rings. The van der Waals surface area contributed by atoms with E-state index >= 15 is 0 Å². The fourth-order valence-electron chi connectivity index (χ4n) is 6.95. The number of anilines is 3. The third-order valence-electron chi connectivity index (χ3n) is 10.1. The Morgan fingerprint density at radius 3 is 2.21 bits per heavy atom. The summed E-state index contributed by atoms with van der Waals surface area (Å²) in [7, 11) is 0. The molecule has 2 aromatic heterocycles. The highest BCUT2D eigenvalue weighted by atomic mass is 32.1. The van der Waals surface area contributed by atoms with E-state index in [1.807, 2.05) is 25.1 Å². The number of hydrogen-bond acceptors (Lipinski definition) is 9. The molecule has 2 aliphatic heterocycles. The van der Waals surface area contributed by atoms with Gasteiger partial charge in [0.25, 0.3) is 5.91 Å². The SMILES string of the molecule is CCCCC(CC)CN(CC(CC)CCCC)c1nc(-c2ccccc2)c(NC2C(C)=C(C#N)C(=O)n3nc(N4CCCCC4)nc32)s1. The second-order valence-electron chi connectivity index (χ2n) is 13.6. The number of aromatic nitrogens is 4. The number of fused-ring (bicyclic) bond motifs is 1. The summed E-state index contributed by atoms with van der Waals surface area (Å²) in [6, 6.07) is 12.0. The second-order valence-corrected chi connectivity index (χ2v) is 14.5. The largest absolute Gasteiger partial charge is 0.362 e. The average molecular weight is 671 g/mol. The van der Waals surface area contributed by atoms with Gasteiger partial charge in [-0.05, 0) is 56.4 Å². The summed E-state index contributed by atoms with van der Waals surface area (Å²) in [5.41, 5.74) is 2.69. The van der Waals surface area contributed by atoms with Crippen LogP contribution in [0.3, 0.4) is 0 Å². The summed E-state index contributed by atoms with van der Waals surface area (Å²) in [5, 5.41) is 20.5. The molecule has 4 heterocycles. The van der Waals surface area contributed by atoms with Crippen molar-refractivity contribution in [1.29, 1.82) is 5.26 Å². The maximum atomic E-state index is 13.5. The van der Waals surface area contributed by atoms with E-state index in [4.69, 9.17) is 9.97 Å². The lowest BCUT2D eigenvalue weighted by Gasteiger charge is -2.30. The number of allylic oxidation sites excluding steroid dienone is 1. The van der Waals surface area contributed by atoms with Gasteiger partial charge in [0.05, 0.1) is 0 Å². The van der Waals surface area contributed by atoms with E-state index in [1.54, 1.807) is 11.3 Å². The van der Waals surface area contributed by atoms with Crippen LogP contribution in [0.15, 0.2) is 41.5 Å². The standard InChI is InChI=1S/C38H54N8OS/c1-6-10-18-28(8-3)25-45(26-29(9-4)19-11-7-2)38-41-33(30-20-14-12-15-21-30)35(48-38)40-32-27(5)31(24-39)36(47)46-34(32)42-37(43-46)44-22-16-13-17-23-44/h12,14-15,20-21,28-29,32,40H,6-11,13,16-19,22-23,25-26H2,1-5H3. The Bertz CT molecular complexity index is 1550. The van der Waals surface area contributed by atoms with Crippen molar-refractivity contribution >= 4 is 33.3 Å². The van der Waals surface area contributed by atoms with Crippen LogP contribution in [0.2, 0.25) is 0 Å². The molecule has 3 aromatic rings. The Hall–Kier alpha value is -3.71. The number of hydrogen-bond donors (Lipinski definition) is 1. The van der Waals surface area contributed by atoms with Crippen LogP contribution in [-0.4, -0.2) is 51.8 Å². The van der Waals surface area contributed by atoms with E-state index in [1.165, 1.54) is 49.6 Å². The molecule has 0 aliphatic carbocycles. The molecule has 2 aliphatic rings. The highest BCUT2D eigenvalue weighted by molar-refractivity contribution is 7.20.